The Morgan fingerprint density at radius 3 is 2.73 bits per heavy atom. The summed E-state index contributed by atoms with van der Waals surface area (Å²) in [4.78, 5) is 16.4. The first-order chi connectivity index (χ1) is 12.8. The predicted octanol–water partition coefficient (Wildman–Crippen LogP) is 2.62. The summed E-state index contributed by atoms with van der Waals surface area (Å²) >= 11 is 0. The Morgan fingerprint density at radius 2 is 2.00 bits per heavy atom. The molecule has 1 N–H and O–H groups in total. The van der Waals surface area contributed by atoms with Crippen LogP contribution >= 0.6 is 0 Å². The lowest BCUT2D eigenvalue weighted by molar-refractivity contribution is 0.0944. The van der Waals surface area contributed by atoms with Gasteiger partial charge in [-0.05, 0) is 23.8 Å². The van der Waals surface area contributed by atoms with Gasteiger partial charge in [-0.2, -0.15) is 15.5 Å². The lowest BCUT2D eigenvalue weighted by Gasteiger charge is -2.03. The van der Waals surface area contributed by atoms with Crippen LogP contribution in [0.1, 0.15) is 22.5 Å². The largest absolute Gasteiger partial charge is 0.289 e. The number of nitrogens with one attached hydrogen (secondary N) is 1. The van der Waals surface area contributed by atoms with Crippen LogP contribution in [0.3, 0.4) is 0 Å². The van der Waals surface area contributed by atoms with E-state index in [1.54, 1.807) is 30.6 Å². The number of benzene rings is 1. The van der Waals surface area contributed by atoms with Crippen molar-refractivity contribution >= 4 is 12.1 Å². The fourth-order valence-electron chi connectivity index (χ4n) is 2.35. The van der Waals surface area contributed by atoms with Gasteiger partial charge < -0.3 is 0 Å². The number of amides is 1. The van der Waals surface area contributed by atoms with Gasteiger partial charge in [0.15, 0.2) is 0 Å². The fraction of sp³-hybridized carbons (Fsp3) is 0.105. The van der Waals surface area contributed by atoms with Crippen LogP contribution in [-0.4, -0.2) is 26.9 Å². The summed E-state index contributed by atoms with van der Waals surface area (Å²) in [6.45, 7) is 0.333. The highest BCUT2D eigenvalue weighted by atomic mass is 16.2. The molecule has 0 aliphatic carbocycles. The number of rotatable bonds is 6. The van der Waals surface area contributed by atoms with Crippen LogP contribution in [0.15, 0.2) is 66.0 Å². The van der Waals surface area contributed by atoms with Gasteiger partial charge in [-0.3, -0.25) is 14.5 Å². The minimum Gasteiger partial charge on any atom is -0.266 e. The minimum absolute atomic E-state index is 0.260. The van der Waals surface area contributed by atoms with Gasteiger partial charge in [-0.15, -0.1) is 0 Å². The summed E-state index contributed by atoms with van der Waals surface area (Å²) < 4.78 is 1.53. The fourth-order valence-corrected chi connectivity index (χ4v) is 2.35. The molecule has 0 saturated carbocycles. The molecule has 1 amide bonds. The van der Waals surface area contributed by atoms with E-state index < -0.39 is 0 Å². The van der Waals surface area contributed by atoms with Gasteiger partial charge in [-0.1, -0.05) is 30.3 Å². The first-order valence-corrected chi connectivity index (χ1v) is 8.01. The van der Waals surface area contributed by atoms with Crippen molar-refractivity contribution in [3.8, 4) is 17.3 Å². The molecular formula is C19H16N6O. The molecule has 3 rings (SSSR count). The van der Waals surface area contributed by atoms with E-state index >= 15 is 0 Å². The Hall–Kier alpha value is -3.79. The zero-order valence-electron chi connectivity index (χ0n) is 13.9. The number of hydrogen-bond acceptors (Lipinski definition) is 5. The Bertz CT molecular complexity index is 941. The topological polar surface area (TPSA) is 96.0 Å². The van der Waals surface area contributed by atoms with Crippen molar-refractivity contribution in [1.29, 1.82) is 5.26 Å². The first-order valence-electron chi connectivity index (χ1n) is 8.01. The normalized spacial score (nSPS) is 10.6. The van der Waals surface area contributed by atoms with Crippen molar-refractivity contribution in [3.05, 3.63) is 72.2 Å². The summed E-state index contributed by atoms with van der Waals surface area (Å²) in [6.07, 6.45) is 5.09. The second-order valence-electron chi connectivity index (χ2n) is 5.39. The lowest BCUT2D eigenvalue weighted by Crippen LogP contribution is -2.22. The van der Waals surface area contributed by atoms with Crippen molar-refractivity contribution < 1.29 is 4.79 Å². The summed E-state index contributed by atoms with van der Waals surface area (Å²) in [5.41, 5.74) is 5.24. The molecule has 0 atom stereocenters. The van der Waals surface area contributed by atoms with Crippen molar-refractivity contribution in [2.45, 2.75) is 13.0 Å². The number of pyridine rings is 1. The molecule has 0 saturated heterocycles. The molecule has 1 aromatic carbocycles. The zero-order valence-corrected chi connectivity index (χ0v) is 13.9. The number of aromatic nitrogens is 3. The van der Waals surface area contributed by atoms with Gasteiger partial charge in [0.05, 0.1) is 30.9 Å². The average Bonchev–Trinajstić information content (AvgIpc) is 3.12. The van der Waals surface area contributed by atoms with Crippen LogP contribution in [0.2, 0.25) is 0 Å². The highest BCUT2D eigenvalue weighted by Gasteiger charge is 2.15. The van der Waals surface area contributed by atoms with Gasteiger partial charge in [0.2, 0.25) is 0 Å². The molecule has 3 aromatic rings. The SMILES string of the molecule is N#CCCn1nc(-c2ccccc2)cc1C(=O)N/N=C/c1ccncc1. The third kappa shape index (κ3) is 4.19. The Labute approximate surface area is 150 Å². The molecule has 0 unspecified atom stereocenters. The van der Waals surface area contributed by atoms with Gasteiger partial charge in [0.1, 0.15) is 5.69 Å². The van der Waals surface area contributed by atoms with Gasteiger partial charge in [-0.25, -0.2) is 5.43 Å². The van der Waals surface area contributed by atoms with E-state index in [4.69, 9.17) is 5.26 Å². The second kappa shape index (κ2) is 8.35. The number of carbonyl (C=O) groups excluding carboxylic acids is 1. The zero-order chi connectivity index (χ0) is 18.2. The van der Waals surface area contributed by atoms with Crippen LogP contribution in [-0.2, 0) is 6.54 Å². The molecule has 0 fully saturated rings. The van der Waals surface area contributed by atoms with Crippen LogP contribution in [0.25, 0.3) is 11.3 Å². The molecule has 7 heteroatoms. The second-order valence-corrected chi connectivity index (χ2v) is 5.39. The maximum atomic E-state index is 12.5. The molecule has 7 nitrogen and oxygen atoms in total. The highest BCUT2D eigenvalue weighted by molar-refractivity contribution is 5.94. The Kier molecular flexibility index (Phi) is 5.47. The molecule has 2 aromatic heterocycles. The number of hydrogen-bond donors (Lipinski definition) is 1. The van der Waals surface area contributed by atoms with Crippen molar-refractivity contribution in [2.75, 3.05) is 0 Å². The Balaban J connectivity index is 1.80. The van der Waals surface area contributed by atoms with Crippen LogP contribution in [0.4, 0.5) is 0 Å². The number of aryl methyl sites for hydroxylation is 1. The molecule has 0 aliphatic heterocycles. The van der Waals surface area contributed by atoms with E-state index in [9.17, 15) is 4.79 Å². The van der Waals surface area contributed by atoms with Crippen LogP contribution in [0, 0.1) is 11.3 Å². The third-order valence-corrected chi connectivity index (χ3v) is 3.60. The van der Waals surface area contributed by atoms with Gasteiger partial charge >= 0.3 is 0 Å². The van der Waals surface area contributed by atoms with Crippen molar-refractivity contribution in [2.24, 2.45) is 5.10 Å². The summed E-state index contributed by atoms with van der Waals surface area (Å²) in [5.74, 6) is -0.386. The van der Waals surface area contributed by atoms with E-state index in [0.717, 1.165) is 11.1 Å². The third-order valence-electron chi connectivity index (χ3n) is 3.60. The molecule has 26 heavy (non-hydrogen) atoms. The summed E-state index contributed by atoms with van der Waals surface area (Å²) in [6, 6.07) is 16.9. The van der Waals surface area contributed by atoms with E-state index in [1.165, 1.54) is 10.9 Å². The number of nitriles is 1. The van der Waals surface area contributed by atoms with E-state index in [1.807, 2.05) is 30.3 Å². The van der Waals surface area contributed by atoms with Crippen molar-refractivity contribution in [3.63, 3.8) is 0 Å². The molecule has 0 radical (unpaired) electrons. The monoisotopic (exact) mass is 344 g/mol. The summed E-state index contributed by atoms with van der Waals surface area (Å²) in [7, 11) is 0. The molecule has 2 heterocycles. The number of nitrogens with zero attached hydrogens (tertiary/aromatic N) is 5. The predicted molar refractivity (Wildman–Crippen MR) is 97.2 cm³/mol. The highest BCUT2D eigenvalue weighted by Crippen LogP contribution is 2.19. The molecule has 0 aliphatic rings. The standard InChI is InChI=1S/C19H16N6O/c20-9-4-12-25-18(13-17(24-25)16-5-2-1-3-6-16)19(26)23-22-14-15-7-10-21-11-8-15/h1-3,5-8,10-11,13-14H,4,12H2,(H,23,26)/b22-14+. The number of carbonyl (C=O) groups is 1. The quantitative estimate of drug-likeness (QED) is 0.549. The van der Waals surface area contributed by atoms with Gasteiger partial charge in [0, 0.05) is 18.0 Å². The molecule has 128 valence electrons. The summed E-state index contributed by atoms with van der Waals surface area (Å²) in [5, 5.41) is 17.2. The first kappa shape index (κ1) is 17.0. The number of hydrazone groups is 1. The maximum Gasteiger partial charge on any atom is 0.289 e. The van der Waals surface area contributed by atoms with Crippen LogP contribution < -0.4 is 5.43 Å². The van der Waals surface area contributed by atoms with Crippen LogP contribution in [0.5, 0.6) is 0 Å². The minimum atomic E-state index is -0.386. The molecule has 0 bridgehead atoms. The smallest absolute Gasteiger partial charge is 0.266 e. The average molecular weight is 344 g/mol. The van der Waals surface area contributed by atoms with E-state index in [0.29, 0.717) is 17.9 Å². The maximum absolute atomic E-state index is 12.5. The van der Waals surface area contributed by atoms with Crippen molar-refractivity contribution in [1.82, 2.24) is 20.2 Å². The molecule has 0 spiro atoms. The van der Waals surface area contributed by atoms with E-state index in [2.05, 4.69) is 26.7 Å². The Morgan fingerprint density at radius 1 is 1.23 bits per heavy atom. The lowest BCUT2D eigenvalue weighted by atomic mass is 10.1. The van der Waals surface area contributed by atoms with E-state index in [-0.39, 0.29) is 12.3 Å². The molecular weight excluding hydrogens is 328 g/mol. The van der Waals surface area contributed by atoms with Gasteiger partial charge in [0.25, 0.3) is 5.91 Å².